The third-order valence-corrected chi connectivity index (χ3v) is 20.3. The van der Waals surface area contributed by atoms with E-state index < -0.39 is 0 Å². The van der Waals surface area contributed by atoms with E-state index in [2.05, 4.69) is 342 Å². The second kappa shape index (κ2) is 21.3. The smallest absolute Gasteiger partial charge is 0.159 e. The van der Waals surface area contributed by atoms with Gasteiger partial charge >= 0.3 is 0 Å². The first kappa shape index (κ1) is 54.6. The fourth-order valence-corrected chi connectivity index (χ4v) is 16.4. The third kappa shape index (κ3) is 7.78. The molecule has 0 unspecified atom stereocenters. The van der Waals surface area contributed by atoms with Crippen LogP contribution >= 0.6 is 0 Å². The van der Waals surface area contributed by atoms with E-state index in [1.807, 2.05) is 12.2 Å². The van der Waals surface area contributed by atoms with E-state index in [1.54, 1.807) is 0 Å². The Hall–Kier alpha value is -12.9. The Balaban J connectivity index is 0.892. The highest BCUT2D eigenvalue weighted by Crippen LogP contribution is 2.57. The molecule has 6 heterocycles. The lowest BCUT2D eigenvalue weighted by atomic mass is 9.89. The standard InChI is InChI=1S/C91H58N4O2/c1-3-5-29-56(4-2)62-40-21-42-64-66-44-25-54-76(90(66)96-88(62)64)92(60-36-17-9-18-37-60)72-50-27-52-74-80(72)68-46-23-48-70-82-79(59-34-15-8-16-35-59)87-83(78(58-32-13-7-14-33-58)86(82)94(74)84(68)70)71-49-24-47-69-81-73(51-28-53-75(81)95(87)85(69)71)93(61-38-19-10-20-39-61)77-55-26-45-67-65-43-22-41-63(89(65)97-91(67)77)57-30-11-6-12-31-57/h3-55H,1H2,2H3/b29-5-,56-4+. The average Bonchev–Trinajstić information content (AvgIpc) is 1.50. The lowest BCUT2D eigenvalue weighted by Gasteiger charge is -2.26. The summed E-state index contributed by atoms with van der Waals surface area (Å²) in [7, 11) is 0. The number of aromatic nitrogens is 2. The van der Waals surface area contributed by atoms with Crippen LogP contribution in [0.4, 0.5) is 34.1 Å². The summed E-state index contributed by atoms with van der Waals surface area (Å²) in [5.41, 5.74) is 25.3. The molecule has 0 fully saturated rings. The van der Waals surface area contributed by atoms with Crippen molar-refractivity contribution in [2.24, 2.45) is 0 Å². The van der Waals surface area contributed by atoms with Crippen LogP contribution in [0.25, 0.3) is 159 Å². The maximum atomic E-state index is 7.26. The second-order valence-electron chi connectivity index (χ2n) is 25.3. The fourth-order valence-electron chi connectivity index (χ4n) is 16.4. The van der Waals surface area contributed by atoms with Crippen molar-refractivity contribution in [3.63, 3.8) is 0 Å². The van der Waals surface area contributed by atoms with Crippen LogP contribution in [0.5, 0.6) is 0 Å². The number of allylic oxidation sites excluding steroid dienone is 5. The molecular formula is C91H58N4O2. The molecule has 6 nitrogen and oxygen atoms in total. The Morgan fingerprint density at radius 2 is 0.701 bits per heavy atom. The number of nitrogens with zero attached hydrogens (tertiary/aromatic N) is 4. The molecule has 0 saturated heterocycles. The summed E-state index contributed by atoms with van der Waals surface area (Å²) >= 11 is 0. The molecule has 0 N–H and O–H groups in total. The number of rotatable bonds is 12. The van der Waals surface area contributed by atoms with Crippen LogP contribution in [-0.4, -0.2) is 8.80 Å². The van der Waals surface area contributed by atoms with Crippen LogP contribution in [-0.2, 0) is 0 Å². The Morgan fingerprint density at radius 3 is 1.18 bits per heavy atom. The number of hydrogen-bond acceptors (Lipinski definition) is 4. The number of furan rings is 2. The maximum Gasteiger partial charge on any atom is 0.159 e. The molecule has 6 aromatic heterocycles. The predicted octanol–water partition coefficient (Wildman–Crippen LogP) is 25.9. The van der Waals surface area contributed by atoms with Gasteiger partial charge in [-0.25, -0.2) is 0 Å². The van der Waals surface area contributed by atoms with Gasteiger partial charge in [0.15, 0.2) is 11.2 Å². The minimum Gasteiger partial charge on any atom is -0.453 e. The largest absolute Gasteiger partial charge is 0.453 e. The first-order valence-corrected chi connectivity index (χ1v) is 33.2. The Morgan fingerprint density at radius 1 is 0.330 bits per heavy atom. The van der Waals surface area contributed by atoms with Crippen LogP contribution in [0.2, 0.25) is 0 Å². The number of fused-ring (bicyclic) bond motifs is 18. The number of para-hydroxylation sites is 8. The molecule has 20 aromatic rings. The molecule has 0 saturated carbocycles. The quantitative estimate of drug-likeness (QED) is 0.114. The van der Waals surface area contributed by atoms with Crippen molar-refractivity contribution >= 4 is 160 Å². The van der Waals surface area contributed by atoms with E-state index in [-0.39, 0.29) is 0 Å². The zero-order valence-electron chi connectivity index (χ0n) is 52.9. The Kier molecular flexibility index (Phi) is 12.0. The summed E-state index contributed by atoms with van der Waals surface area (Å²) in [5.74, 6) is 0. The Labute approximate surface area is 557 Å². The average molecular weight is 1240 g/mol. The first-order valence-electron chi connectivity index (χ1n) is 33.2. The lowest BCUT2D eigenvalue weighted by molar-refractivity contribution is 0.668. The van der Waals surface area contributed by atoms with Crippen molar-refractivity contribution in [3.05, 3.63) is 334 Å². The highest BCUT2D eigenvalue weighted by Gasteiger charge is 2.34. The van der Waals surface area contributed by atoms with Gasteiger partial charge in [0.25, 0.3) is 0 Å². The van der Waals surface area contributed by atoms with Gasteiger partial charge in [-0.3, -0.25) is 0 Å². The molecule has 0 aliphatic heterocycles. The molecule has 6 heteroatoms. The van der Waals surface area contributed by atoms with Crippen LogP contribution in [0.15, 0.2) is 337 Å². The summed E-state index contributed by atoms with van der Waals surface area (Å²) in [6, 6.07) is 108. The van der Waals surface area contributed by atoms with E-state index in [4.69, 9.17) is 8.83 Å². The molecule has 0 atom stereocenters. The van der Waals surface area contributed by atoms with E-state index in [9.17, 15) is 0 Å². The van der Waals surface area contributed by atoms with E-state index in [0.29, 0.717) is 0 Å². The number of benzene rings is 14. The molecule has 0 radical (unpaired) electrons. The van der Waals surface area contributed by atoms with Gasteiger partial charge in [-0.15, -0.1) is 0 Å². The van der Waals surface area contributed by atoms with Gasteiger partial charge in [-0.1, -0.05) is 267 Å². The van der Waals surface area contributed by atoms with Crippen molar-refractivity contribution in [1.82, 2.24) is 8.80 Å². The third-order valence-electron chi connectivity index (χ3n) is 20.3. The molecule has 0 amide bonds. The molecule has 0 spiro atoms. The van der Waals surface area contributed by atoms with Crippen LogP contribution in [0, 0.1) is 0 Å². The van der Waals surface area contributed by atoms with Gasteiger partial charge in [0.1, 0.15) is 11.2 Å². The minimum absolute atomic E-state index is 0.817. The summed E-state index contributed by atoms with van der Waals surface area (Å²) in [4.78, 5) is 4.84. The predicted molar refractivity (Wildman–Crippen MR) is 409 cm³/mol. The maximum absolute atomic E-state index is 7.26. The van der Waals surface area contributed by atoms with Crippen molar-refractivity contribution < 1.29 is 8.83 Å². The van der Waals surface area contributed by atoms with Crippen molar-refractivity contribution in [2.75, 3.05) is 9.80 Å². The highest BCUT2D eigenvalue weighted by molar-refractivity contribution is 6.39. The highest BCUT2D eigenvalue weighted by atomic mass is 16.3. The molecule has 0 aliphatic rings. The van der Waals surface area contributed by atoms with Gasteiger partial charge in [0.05, 0.1) is 55.8 Å². The molecular weight excluding hydrogens is 1180 g/mol. The van der Waals surface area contributed by atoms with Crippen molar-refractivity contribution in [1.29, 1.82) is 0 Å². The summed E-state index contributed by atoms with van der Waals surface area (Å²) < 4.78 is 19.7. The first-order chi connectivity index (χ1) is 48.1. The molecule has 97 heavy (non-hydrogen) atoms. The van der Waals surface area contributed by atoms with Gasteiger partial charge in [-0.05, 0) is 89.9 Å². The van der Waals surface area contributed by atoms with Gasteiger partial charge in [0, 0.05) is 98.3 Å². The minimum atomic E-state index is 0.817. The monoisotopic (exact) mass is 1240 g/mol. The normalized spacial score (nSPS) is 12.4. The van der Waals surface area contributed by atoms with E-state index in [1.165, 1.54) is 65.5 Å². The Bertz CT molecular complexity index is 6630. The van der Waals surface area contributed by atoms with E-state index >= 15 is 0 Å². The topological polar surface area (TPSA) is 41.6 Å². The van der Waals surface area contributed by atoms with Crippen LogP contribution in [0.3, 0.4) is 0 Å². The van der Waals surface area contributed by atoms with Crippen LogP contribution in [0.1, 0.15) is 12.5 Å². The van der Waals surface area contributed by atoms with Gasteiger partial charge in [-0.2, -0.15) is 0 Å². The van der Waals surface area contributed by atoms with Gasteiger partial charge < -0.3 is 27.4 Å². The lowest BCUT2D eigenvalue weighted by Crippen LogP contribution is -2.10. The van der Waals surface area contributed by atoms with Gasteiger partial charge in [0.2, 0.25) is 0 Å². The summed E-state index contributed by atoms with van der Waals surface area (Å²) in [6.07, 6.45) is 8.03. The molecule has 454 valence electrons. The number of anilines is 6. The van der Waals surface area contributed by atoms with Crippen molar-refractivity contribution in [2.45, 2.75) is 6.92 Å². The summed E-state index contributed by atoms with van der Waals surface area (Å²) in [5, 5.41) is 13.7. The molecule has 0 aliphatic carbocycles. The zero-order valence-corrected chi connectivity index (χ0v) is 52.9. The summed E-state index contributed by atoms with van der Waals surface area (Å²) in [6.45, 7) is 6.04. The van der Waals surface area contributed by atoms with E-state index in [0.717, 1.165) is 133 Å². The fraction of sp³-hybridized carbons (Fsp3) is 0.0110. The molecule has 14 aromatic carbocycles. The van der Waals surface area contributed by atoms with Crippen molar-refractivity contribution in [3.8, 4) is 33.4 Å². The molecule has 20 rings (SSSR count). The molecule has 0 bridgehead atoms. The zero-order chi connectivity index (χ0) is 64.0. The number of hydrogen-bond donors (Lipinski definition) is 0. The SMILES string of the molecule is C=C/C=C\C(=C/C)c1cccc2c1oc1c(N(c3ccccc3)c3cccc4c3c3cccc5c6c(-c7ccccc7)c7c(c(-c8ccccc8)c6n4c35)c3cccc4c5c(N(c6ccccc6)c6cccc8c6oc6c(-c9ccccc9)cccc68)cccc5n7c43)cccc12. The van der Waals surface area contributed by atoms with Crippen LogP contribution < -0.4 is 9.80 Å². The second-order valence-corrected chi connectivity index (χ2v) is 25.3.